The minimum Gasteiger partial charge on any atom is -0.480 e. The molecule has 2 aromatic heterocycles. The number of aromatic nitrogens is 3. The Balaban J connectivity index is 1.90. The Morgan fingerprint density at radius 1 is 1.35 bits per heavy atom. The van der Waals surface area contributed by atoms with Crippen molar-refractivity contribution in [3.8, 4) is 11.4 Å². The topological polar surface area (TPSA) is 90.9 Å². The number of nitrogens with zero attached hydrogens (tertiary/aromatic N) is 2. The summed E-state index contributed by atoms with van der Waals surface area (Å²) >= 11 is 0. The smallest absolute Gasteiger partial charge is 0.327 e. The highest BCUT2D eigenvalue weighted by molar-refractivity contribution is 5.94. The van der Waals surface area contributed by atoms with Gasteiger partial charge in [-0.2, -0.15) is 0 Å². The lowest BCUT2D eigenvalue weighted by atomic mass is 10.0. The van der Waals surface area contributed by atoms with Crippen LogP contribution in [0, 0.1) is 6.92 Å². The van der Waals surface area contributed by atoms with E-state index in [-0.39, 0.29) is 0 Å². The Kier molecular flexibility index (Phi) is 3.12. The second-order valence-electron chi connectivity index (χ2n) is 5.75. The summed E-state index contributed by atoms with van der Waals surface area (Å²) < 4.78 is 0. The standard InChI is InChI=1S/C17H16N4O2/c1-9-4-5-11(10-3-2-7-18-13(9)10)16-20-12-6-8-19-15(17(22)23)14(12)21-16/h2-5,7,15,19H,6,8H2,1H3,(H,20,21)(H,22,23)/t15-/m0/s1. The van der Waals surface area contributed by atoms with Gasteiger partial charge in [0, 0.05) is 35.8 Å². The largest absolute Gasteiger partial charge is 0.480 e. The van der Waals surface area contributed by atoms with Gasteiger partial charge < -0.3 is 10.1 Å². The number of benzene rings is 1. The fourth-order valence-electron chi connectivity index (χ4n) is 3.14. The van der Waals surface area contributed by atoms with E-state index in [1.54, 1.807) is 6.20 Å². The lowest BCUT2D eigenvalue weighted by Gasteiger charge is -2.18. The molecule has 0 unspecified atom stereocenters. The normalized spacial score (nSPS) is 17.2. The van der Waals surface area contributed by atoms with Crippen LogP contribution in [0.4, 0.5) is 0 Å². The fourth-order valence-corrected chi connectivity index (χ4v) is 3.14. The average Bonchev–Trinajstić information content (AvgIpc) is 2.99. The van der Waals surface area contributed by atoms with Crippen molar-refractivity contribution in [2.75, 3.05) is 6.54 Å². The van der Waals surface area contributed by atoms with Crippen molar-refractivity contribution in [2.45, 2.75) is 19.4 Å². The Hall–Kier alpha value is -2.73. The van der Waals surface area contributed by atoms with Crippen LogP contribution in [0.3, 0.4) is 0 Å². The summed E-state index contributed by atoms with van der Waals surface area (Å²) in [6.07, 6.45) is 2.52. The lowest BCUT2D eigenvalue weighted by Crippen LogP contribution is -2.35. The second-order valence-corrected chi connectivity index (χ2v) is 5.75. The van der Waals surface area contributed by atoms with Gasteiger partial charge in [0.05, 0.1) is 11.2 Å². The van der Waals surface area contributed by atoms with Crippen molar-refractivity contribution in [3.05, 3.63) is 47.4 Å². The zero-order chi connectivity index (χ0) is 16.0. The number of pyridine rings is 1. The molecule has 116 valence electrons. The summed E-state index contributed by atoms with van der Waals surface area (Å²) in [7, 11) is 0. The molecule has 3 N–H and O–H groups in total. The minimum atomic E-state index is -0.903. The number of fused-ring (bicyclic) bond motifs is 2. The summed E-state index contributed by atoms with van der Waals surface area (Å²) in [5, 5.41) is 13.4. The van der Waals surface area contributed by atoms with Crippen molar-refractivity contribution in [3.63, 3.8) is 0 Å². The van der Waals surface area contributed by atoms with Crippen LogP contribution < -0.4 is 5.32 Å². The van der Waals surface area contributed by atoms with Gasteiger partial charge in [0.1, 0.15) is 5.82 Å². The molecular weight excluding hydrogens is 292 g/mol. The van der Waals surface area contributed by atoms with Crippen LogP contribution >= 0.6 is 0 Å². The van der Waals surface area contributed by atoms with E-state index in [0.717, 1.165) is 34.1 Å². The van der Waals surface area contributed by atoms with E-state index in [1.165, 1.54) is 0 Å². The van der Waals surface area contributed by atoms with E-state index in [0.29, 0.717) is 18.1 Å². The molecule has 0 radical (unpaired) electrons. The van der Waals surface area contributed by atoms with Crippen molar-refractivity contribution >= 4 is 16.9 Å². The predicted molar refractivity (Wildman–Crippen MR) is 86.1 cm³/mol. The Morgan fingerprint density at radius 2 is 2.22 bits per heavy atom. The van der Waals surface area contributed by atoms with Crippen LogP contribution in [0.2, 0.25) is 0 Å². The Morgan fingerprint density at radius 3 is 3.04 bits per heavy atom. The first-order chi connectivity index (χ1) is 11.1. The summed E-state index contributed by atoms with van der Waals surface area (Å²) in [5.74, 6) is -0.206. The Labute approximate surface area is 132 Å². The van der Waals surface area contributed by atoms with E-state index >= 15 is 0 Å². The van der Waals surface area contributed by atoms with Gasteiger partial charge in [0.25, 0.3) is 0 Å². The van der Waals surface area contributed by atoms with Gasteiger partial charge >= 0.3 is 5.97 Å². The fraction of sp³-hybridized carbons (Fsp3) is 0.235. The Bertz CT molecular complexity index is 916. The molecule has 0 amide bonds. The highest BCUT2D eigenvalue weighted by atomic mass is 16.4. The molecule has 1 atom stereocenters. The number of rotatable bonds is 2. The molecule has 0 spiro atoms. The average molecular weight is 308 g/mol. The number of carboxylic acid groups (broad SMARTS) is 1. The third-order valence-electron chi connectivity index (χ3n) is 4.28. The predicted octanol–water partition coefficient (Wildman–Crippen LogP) is 2.20. The summed E-state index contributed by atoms with van der Waals surface area (Å²) in [5.41, 5.74) is 4.45. The third kappa shape index (κ3) is 2.19. The van der Waals surface area contributed by atoms with E-state index in [9.17, 15) is 9.90 Å². The highest BCUT2D eigenvalue weighted by Crippen LogP contribution is 2.30. The molecule has 6 nitrogen and oxygen atoms in total. The first-order valence-corrected chi connectivity index (χ1v) is 7.55. The van der Waals surface area contributed by atoms with Crippen molar-refractivity contribution < 1.29 is 9.90 Å². The van der Waals surface area contributed by atoms with E-state index in [2.05, 4.69) is 20.3 Å². The molecule has 0 saturated heterocycles. The molecule has 3 heterocycles. The van der Waals surface area contributed by atoms with Crippen LogP contribution in [0.1, 0.15) is 23.0 Å². The number of H-pyrrole nitrogens is 1. The number of carboxylic acids is 1. The summed E-state index contributed by atoms with van der Waals surface area (Å²) in [4.78, 5) is 23.7. The molecule has 0 saturated carbocycles. The van der Waals surface area contributed by atoms with E-state index in [4.69, 9.17) is 0 Å². The van der Waals surface area contributed by atoms with Crippen molar-refractivity contribution in [1.82, 2.24) is 20.3 Å². The van der Waals surface area contributed by atoms with Gasteiger partial charge in [0.2, 0.25) is 0 Å². The van der Waals surface area contributed by atoms with Crippen LogP contribution in [-0.4, -0.2) is 32.6 Å². The van der Waals surface area contributed by atoms with Gasteiger partial charge in [-0.3, -0.25) is 15.1 Å². The number of imidazole rings is 1. The number of carbonyl (C=O) groups is 1. The first kappa shape index (κ1) is 13.9. The summed E-state index contributed by atoms with van der Waals surface area (Å²) in [6, 6.07) is 7.18. The second kappa shape index (κ2) is 5.17. The number of hydrogen-bond donors (Lipinski definition) is 3. The highest BCUT2D eigenvalue weighted by Gasteiger charge is 2.29. The third-order valence-corrected chi connectivity index (χ3v) is 4.28. The molecule has 3 aromatic rings. The molecule has 1 aliphatic heterocycles. The molecular formula is C17H16N4O2. The lowest BCUT2D eigenvalue weighted by molar-refractivity contribution is -0.139. The van der Waals surface area contributed by atoms with Crippen LogP contribution in [0.15, 0.2) is 30.5 Å². The molecule has 4 rings (SSSR count). The summed E-state index contributed by atoms with van der Waals surface area (Å²) in [6.45, 7) is 2.65. The zero-order valence-corrected chi connectivity index (χ0v) is 12.6. The van der Waals surface area contributed by atoms with Gasteiger partial charge in [-0.15, -0.1) is 0 Å². The van der Waals surface area contributed by atoms with Crippen LogP contribution in [0.5, 0.6) is 0 Å². The molecule has 1 aromatic carbocycles. The number of aliphatic carboxylic acids is 1. The van der Waals surface area contributed by atoms with Gasteiger partial charge in [-0.25, -0.2) is 4.98 Å². The van der Waals surface area contributed by atoms with Gasteiger partial charge in [-0.05, 0) is 18.6 Å². The molecule has 0 bridgehead atoms. The molecule has 0 fully saturated rings. The first-order valence-electron chi connectivity index (χ1n) is 7.55. The molecule has 1 aliphatic rings. The monoisotopic (exact) mass is 308 g/mol. The maximum Gasteiger partial charge on any atom is 0.327 e. The zero-order valence-electron chi connectivity index (χ0n) is 12.6. The molecule has 0 aliphatic carbocycles. The minimum absolute atomic E-state index is 0.580. The number of aromatic amines is 1. The van der Waals surface area contributed by atoms with Crippen molar-refractivity contribution in [1.29, 1.82) is 0 Å². The van der Waals surface area contributed by atoms with Crippen LogP contribution in [0.25, 0.3) is 22.3 Å². The number of nitrogens with one attached hydrogen (secondary N) is 2. The van der Waals surface area contributed by atoms with E-state index in [1.807, 2.05) is 31.2 Å². The quantitative estimate of drug-likeness (QED) is 0.675. The molecule has 23 heavy (non-hydrogen) atoms. The van der Waals surface area contributed by atoms with Crippen molar-refractivity contribution in [2.24, 2.45) is 0 Å². The SMILES string of the molecule is Cc1ccc(-c2nc3c([nH]2)CCN[C@@H]3C(=O)O)c2cccnc12. The van der Waals surface area contributed by atoms with Crippen LogP contribution in [-0.2, 0) is 11.2 Å². The number of hydrogen-bond acceptors (Lipinski definition) is 4. The maximum atomic E-state index is 11.4. The van der Waals surface area contributed by atoms with E-state index < -0.39 is 12.0 Å². The maximum absolute atomic E-state index is 11.4. The number of aryl methyl sites for hydroxylation is 1. The van der Waals surface area contributed by atoms with Gasteiger partial charge in [0.15, 0.2) is 6.04 Å². The molecule has 6 heteroatoms. The van der Waals surface area contributed by atoms with Gasteiger partial charge in [-0.1, -0.05) is 18.2 Å².